The number of aromatic nitrogens is 2. The Morgan fingerprint density at radius 3 is 2.59 bits per heavy atom. The standard InChI is InChI=1S/C27H23F3N2O2/c1-16(33)20-4-2-3-5-21(20)18-8-11-24-25(12-18)32-26(31-24)23-13-22(23)17-6-9-19(10-7-17)34-15-27(29,30)14-28/h2-12,22-23,33H,1,13-15H2,(H,31,32). The van der Waals surface area contributed by atoms with Crippen molar-refractivity contribution < 1.29 is 23.0 Å². The van der Waals surface area contributed by atoms with E-state index < -0.39 is 19.2 Å². The average molecular weight is 464 g/mol. The molecule has 1 saturated carbocycles. The summed E-state index contributed by atoms with van der Waals surface area (Å²) in [7, 11) is 0. The Balaban J connectivity index is 1.31. The molecule has 0 amide bonds. The smallest absolute Gasteiger partial charge is 0.309 e. The Labute approximate surface area is 194 Å². The van der Waals surface area contributed by atoms with Crippen molar-refractivity contribution in [1.82, 2.24) is 9.97 Å². The van der Waals surface area contributed by atoms with Crippen molar-refractivity contribution in [1.29, 1.82) is 0 Å². The summed E-state index contributed by atoms with van der Waals surface area (Å²) in [6.07, 6.45) is 0.931. The quantitative estimate of drug-likeness (QED) is 0.276. The molecule has 4 nitrogen and oxygen atoms in total. The van der Waals surface area contributed by atoms with Crippen molar-refractivity contribution in [3.05, 3.63) is 90.3 Å². The summed E-state index contributed by atoms with van der Waals surface area (Å²) in [5, 5.41) is 9.92. The number of ether oxygens (including phenoxy) is 1. The van der Waals surface area contributed by atoms with E-state index in [0.717, 1.165) is 40.0 Å². The summed E-state index contributed by atoms with van der Waals surface area (Å²) < 4.78 is 43.3. The number of hydrogen-bond donors (Lipinski definition) is 2. The molecule has 2 atom stereocenters. The first kappa shape index (κ1) is 22.1. The van der Waals surface area contributed by atoms with E-state index in [0.29, 0.717) is 5.56 Å². The zero-order chi connectivity index (χ0) is 23.9. The van der Waals surface area contributed by atoms with Crippen LogP contribution in [0.5, 0.6) is 5.75 Å². The second kappa shape index (κ2) is 8.56. The molecule has 7 heteroatoms. The molecule has 1 heterocycles. The maximum Gasteiger partial charge on any atom is 0.309 e. The van der Waals surface area contributed by atoms with Gasteiger partial charge in [-0.25, -0.2) is 9.37 Å². The number of hydrogen-bond acceptors (Lipinski definition) is 3. The van der Waals surface area contributed by atoms with Gasteiger partial charge in [-0.2, -0.15) is 8.78 Å². The molecule has 4 aromatic rings. The van der Waals surface area contributed by atoms with Gasteiger partial charge < -0.3 is 14.8 Å². The summed E-state index contributed by atoms with van der Waals surface area (Å²) in [6.45, 7) is 0.936. The van der Waals surface area contributed by atoms with Gasteiger partial charge in [0.05, 0.1) is 11.0 Å². The molecule has 3 aromatic carbocycles. The zero-order valence-electron chi connectivity index (χ0n) is 18.3. The Kier molecular flexibility index (Phi) is 5.55. The Bertz CT molecular complexity index is 1350. The van der Waals surface area contributed by atoms with E-state index >= 15 is 0 Å². The lowest BCUT2D eigenvalue weighted by Gasteiger charge is -2.13. The van der Waals surface area contributed by atoms with Crippen LogP contribution in [0.2, 0.25) is 0 Å². The van der Waals surface area contributed by atoms with Crippen molar-refractivity contribution in [2.75, 3.05) is 13.3 Å². The summed E-state index contributed by atoms with van der Waals surface area (Å²) >= 11 is 0. The van der Waals surface area contributed by atoms with E-state index in [2.05, 4.69) is 11.6 Å². The first-order valence-corrected chi connectivity index (χ1v) is 11.0. The fourth-order valence-corrected chi connectivity index (χ4v) is 4.26. The third-order valence-electron chi connectivity index (χ3n) is 6.15. The molecular formula is C27H23F3N2O2. The largest absolute Gasteiger partial charge is 0.508 e. The van der Waals surface area contributed by atoms with Gasteiger partial charge in [0.2, 0.25) is 0 Å². The van der Waals surface area contributed by atoms with Crippen LogP contribution in [0.15, 0.2) is 73.3 Å². The van der Waals surface area contributed by atoms with Gasteiger partial charge in [0.25, 0.3) is 0 Å². The van der Waals surface area contributed by atoms with Crippen molar-refractivity contribution in [2.24, 2.45) is 0 Å². The van der Waals surface area contributed by atoms with Crippen LogP contribution in [0.4, 0.5) is 13.2 Å². The van der Waals surface area contributed by atoms with Crippen LogP contribution >= 0.6 is 0 Å². The lowest BCUT2D eigenvalue weighted by molar-refractivity contribution is -0.0584. The first-order chi connectivity index (χ1) is 16.3. The average Bonchev–Trinajstić information content (AvgIpc) is 3.54. The van der Waals surface area contributed by atoms with Crippen molar-refractivity contribution in [3.8, 4) is 16.9 Å². The third-order valence-corrected chi connectivity index (χ3v) is 6.15. The van der Waals surface area contributed by atoms with E-state index in [-0.39, 0.29) is 23.3 Å². The van der Waals surface area contributed by atoms with Gasteiger partial charge in [0, 0.05) is 11.5 Å². The maximum absolute atomic E-state index is 13.0. The van der Waals surface area contributed by atoms with Crippen LogP contribution in [0.1, 0.15) is 35.2 Å². The van der Waals surface area contributed by atoms with Gasteiger partial charge in [-0.3, -0.25) is 0 Å². The molecule has 0 bridgehead atoms. The van der Waals surface area contributed by atoms with Gasteiger partial charge in [-0.1, -0.05) is 49.0 Å². The second-order valence-electron chi connectivity index (χ2n) is 8.64. The molecule has 34 heavy (non-hydrogen) atoms. The van der Waals surface area contributed by atoms with Gasteiger partial charge in [-0.05, 0) is 53.3 Å². The lowest BCUT2D eigenvalue weighted by atomic mass is 9.98. The molecule has 2 unspecified atom stereocenters. The minimum absolute atomic E-state index is 0.0202. The van der Waals surface area contributed by atoms with Crippen LogP contribution in [-0.2, 0) is 0 Å². The highest BCUT2D eigenvalue weighted by Crippen LogP contribution is 2.54. The Morgan fingerprint density at radius 1 is 1.09 bits per heavy atom. The Hall–Kier alpha value is -3.74. The molecule has 0 radical (unpaired) electrons. The number of aliphatic hydroxyl groups is 1. The molecule has 1 aliphatic carbocycles. The summed E-state index contributed by atoms with van der Waals surface area (Å²) in [6, 6.07) is 20.5. The van der Waals surface area contributed by atoms with Crippen molar-refractivity contribution in [3.63, 3.8) is 0 Å². The topological polar surface area (TPSA) is 58.1 Å². The third kappa shape index (κ3) is 4.38. The predicted molar refractivity (Wildman–Crippen MR) is 126 cm³/mol. The number of nitrogens with zero attached hydrogens (tertiary/aromatic N) is 1. The van der Waals surface area contributed by atoms with E-state index in [1.807, 2.05) is 54.6 Å². The SMILES string of the molecule is C=C(O)c1ccccc1-c1ccc2[nH]c(C3CC3c3ccc(OCC(F)(F)CF)cc3)nc2c1. The minimum atomic E-state index is -3.48. The normalized spacial score (nSPS) is 17.6. The van der Waals surface area contributed by atoms with E-state index in [4.69, 9.17) is 9.72 Å². The fraction of sp³-hybridized carbons (Fsp3) is 0.222. The molecule has 174 valence electrons. The van der Waals surface area contributed by atoms with Gasteiger partial charge in [0.1, 0.15) is 17.3 Å². The molecule has 1 aromatic heterocycles. The first-order valence-electron chi connectivity index (χ1n) is 11.0. The summed E-state index contributed by atoms with van der Waals surface area (Å²) in [4.78, 5) is 8.22. The number of H-pyrrole nitrogens is 1. The fourth-order valence-electron chi connectivity index (χ4n) is 4.26. The zero-order valence-corrected chi connectivity index (χ0v) is 18.3. The number of imidazole rings is 1. The van der Waals surface area contributed by atoms with Crippen molar-refractivity contribution in [2.45, 2.75) is 24.2 Å². The molecule has 1 fully saturated rings. The number of fused-ring (bicyclic) bond motifs is 1. The molecular weight excluding hydrogens is 441 g/mol. The molecule has 0 spiro atoms. The number of rotatable bonds is 8. The molecule has 1 aliphatic rings. The van der Waals surface area contributed by atoms with E-state index in [1.54, 1.807) is 12.1 Å². The van der Waals surface area contributed by atoms with E-state index in [9.17, 15) is 18.3 Å². The van der Waals surface area contributed by atoms with Crippen LogP contribution in [0, 0.1) is 0 Å². The Morgan fingerprint density at radius 2 is 1.85 bits per heavy atom. The number of benzene rings is 3. The number of aliphatic hydroxyl groups excluding tert-OH is 1. The van der Waals surface area contributed by atoms with Gasteiger partial charge in [-0.15, -0.1) is 0 Å². The second-order valence-corrected chi connectivity index (χ2v) is 8.64. The van der Waals surface area contributed by atoms with Crippen molar-refractivity contribution >= 4 is 16.8 Å². The number of nitrogens with one attached hydrogen (secondary N) is 1. The molecule has 0 aliphatic heterocycles. The van der Waals surface area contributed by atoms with Gasteiger partial charge in [0.15, 0.2) is 13.3 Å². The number of aromatic amines is 1. The monoisotopic (exact) mass is 464 g/mol. The van der Waals surface area contributed by atoms with Gasteiger partial charge >= 0.3 is 5.92 Å². The highest BCUT2D eigenvalue weighted by atomic mass is 19.3. The minimum Gasteiger partial charge on any atom is -0.508 e. The maximum atomic E-state index is 13.0. The number of halogens is 3. The number of alkyl halides is 3. The highest BCUT2D eigenvalue weighted by Gasteiger charge is 2.41. The molecule has 2 N–H and O–H groups in total. The van der Waals surface area contributed by atoms with Crippen LogP contribution in [0.25, 0.3) is 27.9 Å². The van der Waals surface area contributed by atoms with E-state index in [1.165, 1.54) is 0 Å². The summed E-state index contributed by atoms with van der Waals surface area (Å²) in [5.74, 6) is -1.75. The highest BCUT2D eigenvalue weighted by molar-refractivity contribution is 5.85. The molecule has 0 saturated heterocycles. The van der Waals surface area contributed by atoms with Crippen LogP contribution in [0.3, 0.4) is 0 Å². The molecule has 5 rings (SSSR count). The van der Waals surface area contributed by atoms with Crippen LogP contribution in [-0.4, -0.2) is 34.3 Å². The lowest BCUT2D eigenvalue weighted by Crippen LogP contribution is -2.27. The summed E-state index contributed by atoms with van der Waals surface area (Å²) in [5.41, 5.74) is 5.36. The predicted octanol–water partition coefficient (Wildman–Crippen LogP) is 7.01. The van der Waals surface area contributed by atoms with Crippen LogP contribution < -0.4 is 4.74 Å².